The van der Waals surface area contributed by atoms with E-state index < -0.39 is 0 Å². The van der Waals surface area contributed by atoms with E-state index in [1.165, 1.54) is 5.56 Å². The molecule has 0 fully saturated rings. The summed E-state index contributed by atoms with van der Waals surface area (Å²) in [6.07, 6.45) is 0.872. The van der Waals surface area contributed by atoms with Gasteiger partial charge in [-0.2, -0.15) is 0 Å². The molecule has 1 N–H and O–H groups in total. The molecule has 2 nitrogen and oxygen atoms in total. The summed E-state index contributed by atoms with van der Waals surface area (Å²) in [5.74, 6) is 0. The summed E-state index contributed by atoms with van der Waals surface area (Å²) in [5, 5.41) is 7.43. The van der Waals surface area contributed by atoms with Crippen molar-refractivity contribution in [3.8, 4) is 0 Å². The van der Waals surface area contributed by atoms with Crippen molar-refractivity contribution in [2.24, 2.45) is 0 Å². The molecular weight excluding hydrogens is 368 g/mol. The largest absolute Gasteiger partial charge is 0.313 e. The van der Waals surface area contributed by atoms with Crippen molar-refractivity contribution in [2.75, 3.05) is 7.05 Å². The van der Waals surface area contributed by atoms with Crippen molar-refractivity contribution in [3.63, 3.8) is 0 Å². The molecule has 0 amide bonds. The first-order valence-corrected chi connectivity index (χ1v) is 8.93. The van der Waals surface area contributed by atoms with E-state index in [1.807, 2.05) is 19.2 Å². The number of hydrogen-bond acceptors (Lipinski definition) is 3. The SMILES string of the molecule is CNC(Cc1nc(C(C)(C)C)cs1)c1ccc(Cl)cc1Br. The summed E-state index contributed by atoms with van der Waals surface area (Å²) in [6.45, 7) is 6.57. The highest BCUT2D eigenvalue weighted by molar-refractivity contribution is 9.10. The van der Waals surface area contributed by atoms with Crippen molar-refractivity contribution in [3.05, 3.63) is 49.3 Å². The Balaban J connectivity index is 2.21. The van der Waals surface area contributed by atoms with Crippen LogP contribution in [0.25, 0.3) is 0 Å². The van der Waals surface area contributed by atoms with Crippen LogP contribution in [0.2, 0.25) is 5.02 Å². The van der Waals surface area contributed by atoms with Crippen molar-refractivity contribution < 1.29 is 0 Å². The maximum atomic E-state index is 6.02. The second-order valence-corrected chi connectivity index (χ2v) is 8.32. The Morgan fingerprint density at radius 3 is 2.62 bits per heavy atom. The molecule has 0 saturated heterocycles. The van der Waals surface area contributed by atoms with Gasteiger partial charge in [0.15, 0.2) is 0 Å². The smallest absolute Gasteiger partial charge is 0.0947 e. The number of benzene rings is 1. The van der Waals surface area contributed by atoms with Crippen LogP contribution >= 0.6 is 38.9 Å². The van der Waals surface area contributed by atoms with E-state index in [2.05, 4.69) is 53.5 Å². The lowest BCUT2D eigenvalue weighted by Crippen LogP contribution is -2.19. The highest BCUT2D eigenvalue weighted by atomic mass is 79.9. The van der Waals surface area contributed by atoms with Gasteiger partial charge in [0.2, 0.25) is 0 Å². The van der Waals surface area contributed by atoms with Gasteiger partial charge in [0.1, 0.15) is 0 Å². The number of likely N-dealkylation sites (N-methyl/N-ethyl adjacent to an activating group) is 1. The first-order valence-electron chi connectivity index (χ1n) is 6.88. The lowest BCUT2D eigenvalue weighted by atomic mass is 9.93. The molecule has 2 rings (SSSR count). The molecule has 5 heteroatoms. The van der Waals surface area contributed by atoms with E-state index in [0.29, 0.717) is 0 Å². The number of rotatable bonds is 4. The fraction of sp³-hybridized carbons (Fsp3) is 0.438. The van der Waals surface area contributed by atoms with Gasteiger partial charge >= 0.3 is 0 Å². The highest BCUT2D eigenvalue weighted by Crippen LogP contribution is 2.30. The van der Waals surface area contributed by atoms with E-state index in [-0.39, 0.29) is 11.5 Å². The van der Waals surface area contributed by atoms with E-state index in [9.17, 15) is 0 Å². The molecule has 0 bridgehead atoms. The van der Waals surface area contributed by atoms with Crippen LogP contribution in [0.5, 0.6) is 0 Å². The summed E-state index contributed by atoms with van der Waals surface area (Å²) in [5.41, 5.74) is 2.46. The monoisotopic (exact) mass is 386 g/mol. The topological polar surface area (TPSA) is 24.9 Å². The summed E-state index contributed by atoms with van der Waals surface area (Å²) in [7, 11) is 1.98. The molecule has 0 saturated carbocycles. The van der Waals surface area contributed by atoms with Crippen LogP contribution in [-0.4, -0.2) is 12.0 Å². The van der Waals surface area contributed by atoms with Gasteiger partial charge in [-0.1, -0.05) is 54.4 Å². The number of aromatic nitrogens is 1. The molecule has 0 aliphatic heterocycles. The lowest BCUT2D eigenvalue weighted by Gasteiger charge is -2.18. The van der Waals surface area contributed by atoms with Crippen molar-refractivity contribution in [1.82, 2.24) is 10.3 Å². The summed E-state index contributed by atoms with van der Waals surface area (Å²) >= 11 is 11.3. The first-order chi connectivity index (χ1) is 9.81. The highest BCUT2D eigenvalue weighted by Gasteiger charge is 2.20. The molecule has 1 atom stereocenters. The maximum Gasteiger partial charge on any atom is 0.0947 e. The number of nitrogens with one attached hydrogen (secondary N) is 1. The second-order valence-electron chi connectivity index (χ2n) is 6.09. The molecule has 0 spiro atoms. The minimum atomic E-state index is 0.102. The number of nitrogens with zero attached hydrogens (tertiary/aromatic N) is 1. The minimum Gasteiger partial charge on any atom is -0.313 e. The van der Waals surface area contributed by atoms with Gasteiger partial charge in [-0.3, -0.25) is 0 Å². The van der Waals surface area contributed by atoms with Gasteiger partial charge in [0.25, 0.3) is 0 Å². The molecule has 114 valence electrons. The summed E-state index contributed by atoms with van der Waals surface area (Å²) in [6, 6.07) is 6.14. The molecule has 1 aromatic carbocycles. The van der Waals surface area contributed by atoms with Gasteiger partial charge in [0.05, 0.1) is 10.7 Å². The van der Waals surface area contributed by atoms with Crippen molar-refractivity contribution in [2.45, 2.75) is 38.6 Å². The predicted octanol–water partition coefficient (Wildman–Crippen LogP) is 5.36. The van der Waals surface area contributed by atoms with E-state index in [1.54, 1.807) is 11.3 Å². The number of thiazole rings is 1. The van der Waals surface area contributed by atoms with Crippen LogP contribution in [0, 0.1) is 0 Å². The van der Waals surface area contributed by atoms with Gasteiger partial charge in [-0.25, -0.2) is 4.98 Å². The molecule has 0 radical (unpaired) electrons. The normalized spacial score (nSPS) is 13.4. The van der Waals surface area contributed by atoms with E-state index >= 15 is 0 Å². The molecule has 1 unspecified atom stereocenters. The number of hydrogen-bond donors (Lipinski definition) is 1. The zero-order valence-corrected chi connectivity index (χ0v) is 15.9. The lowest BCUT2D eigenvalue weighted by molar-refractivity contribution is 0.559. The maximum absolute atomic E-state index is 6.02. The van der Waals surface area contributed by atoms with Gasteiger partial charge in [-0.05, 0) is 24.7 Å². The number of halogens is 2. The van der Waals surface area contributed by atoms with Crippen LogP contribution in [0.1, 0.15) is 43.1 Å². The predicted molar refractivity (Wildman–Crippen MR) is 95.5 cm³/mol. The zero-order chi connectivity index (χ0) is 15.6. The Kier molecular flexibility index (Phi) is 5.47. The fourth-order valence-electron chi connectivity index (χ4n) is 2.08. The van der Waals surface area contributed by atoms with Crippen LogP contribution < -0.4 is 5.32 Å². The Morgan fingerprint density at radius 2 is 2.10 bits per heavy atom. The van der Waals surface area contributed by atoms with Crippen molar-refractivity contribution in [1.29, 1.82) is 0 Å². The molecule has 1 heterocycles. The summed E-state index contributed by atoms with van der Waals surface area (Å²) in [4.78, 5) is 4.78. The Morgan fingerprint density at radius 1 is 1.38 bits per heavy atom. The first kappa shape index (κ1) is 16.9. The van der Waals surface area contributed by atoms with Gasteiger partial charge in [0, 0.05) is 32.8 Å². The standard InChI is InChI=1S/C16H20BrClN2S/c1-16(2,3)14-9-21-15(20-14)8-13(19-4)11-6-5-10(18)7-12(11)17/h5-7,9,13,19H,8H2,1-4H3. The quantitative estimate of drug-likeness (QED) is 0.764. The molecule has 0 aliphatic rings. The molecule has 21 heavy (non-hydrogen) atoms. The fourth-order valence-corrected chi connectivity index (χ4v) is 4.10. The Labute approximate surface area is 144 Å². The minimum absolute atomic E-state index is 0.102. The van der Waals surface area contributed by atoms with Gasteiger partial charge in [-0.15, -0.1) is 11.3 Å². The third kappa shape index (κ3) is 4.28. The zero-order valence-electron chi connectivity index (χ0n) is 12.7. The Bertz CT molecular complexity index is 619. The van der Waals surface area contributed by atoms with Gasteiger partial charge < -0.3 is 5.32 Å². The average molecular weight is 388 g/mol. The average Bonchev–Trinajstić information content (AvgIpc) is 2.85. The molecular formula is C16H20BrClN2S. The van der Waals surface area contributed by atoms with Crippen LogP contribution in [0.15, 0.2) is 28.1 Å². The third-order valence-electron chi connectivity index (χ3n) is 3.39. The van der Waals surface area contributed by atoms with Crippen LogP contribution in [0.4, 0.5) is 0 Å². The molecule has 1 aromatic heterocycles. The van der Waals surface area contributed by atoms with Crippen LogP contribution in [0.3, 0.4) is 0 Å². The molecule has 0 aliphatic carbocycles. The van der Waals surface area contributed by atoms with E-state index in [4.69, 9.17) is 16.6 Å². The second kappa shape index (κ2) is 6.78. The summed E-state index contributed by atoms with van der Waals surface area (Å²) < 4.78 is 1.03. The molecule has 2 aromatic rings. The van der Waals surface area contributed by atoms with Crippen molar-refractivity contribution >= 4 is 38.9 Å². The van der Waals surface area contributed by atoms with Crippen LogP contribution in [-0.2, 0) is 11.8 Å². The Hall–Kier alpha value is -0.420. The third-order valence-corrected chi connectivity index (χ3v) is 5.18. The van der Waals surface area contributed by atoms with E-state index in [0.717, 1.165) is 26.6 Å².